The molecular weight excluding hydrogens is 266 g/mol. The summed E-state index contributed by atoms with van der Waals surface area (Å²) in [5.41, 5.74) is 5.25. The standard InChI is InChI=1S/C17H15NOS/c1-18-13-7-4-3-6-11(13)12-10-20-15-9-5-8-14(19-2)16(15)17(12)18/h3-9H,10H2,1-2H3. The molecule has 1 aliphatic heterocycles. The topological polar surface area (TPSA) is 14.2 Å². The molecule has 0 fully saturated rings. The second-order valence-corrected chi connectivity index (χ2v) is 6.04. The minimum absolute atomic E-state index is 0.960. The summed E-state index contributed by atoms with van der Waals surface area (Å²) in [7, 11) is 3.89. The lowest BCUT2D eigenvalue weighted by atomic mass is 10.0. The van der Waals surface area contributed by atoms with E-state index in [4.69, 9.17) is 4.74 Å². The Morgan fingerprint density at radius 2 is 1.95 bits per heavy atom. The van der Waals surface area contributed by atoms with Crippen molar-refractivity contribution in [2.45, 2.75) is 10.6 Å². The van der Waals surface area contributed by atoms with Crippen LogP contribution in [0.15, 0.2) is 47.4 Å². The SMILES string of the molecule is COc1cccc2c1-c1c(c3ccccc3n1C)CS2. The summed E-state index contributed by atoms with van der Waals surface area (Å²) >= 11 is 1.90. The minimum atomic E-state index is 0.960. The molecule has 0 aliphatic carbocycles. The van der Waals surface area contributed by atoms with Gasteiger partial charge in [-0.3, -0.25) is 0 Å². The molecule has 0 saturated carbocycles. The maximum Gasteiger partial charge on any atom is 0.129 e. The van der Waals surface area contributed by atoms with Crippen molar-refractivity contribution in [2.75, 3.05) is 7.11 Å². The first-order chi connectivity index (χ1) is 9.81. The van der Waals surface area contributed by atoms with Gasteiger partial charge in [0.25, 0.3) is 0 Å². The third-order valence-electron chi connectivity index (χ3n) is 4.03. The molecule has 0 spiro atoms. The van der Waals surface area contributed by atoms with Gasteiger partial charge in [-0.15, -0.1) is 11.8 Å². The van der Waals surface area contributed by atoms with E-state index in [9.17, 15) is 0 Å². The highest BCUT2D eigenvalue weighted by Crippen LogP contribution is 2.48. The number of thioether (sulfide) groups is 1. The fourth-order valence-corrected chi connectivity index (χ4v) is 4.23. The van der Waals surface area contributed by atoms with E-state index in [0.29, 0.717) is 0 Å². The summed E-state index contributed by atoms with van der Waals surface area (Å²) in [6.07, 6.45) is 0. The number of aromatic nitrogens is 1. The highest BCUT2D eigenvalue weighted by Gasteiger charge is 2.25. The van der Waals surface area contributed by atoms with E-state index in [1.165, 1.54) is 32.6 Å². The average molecular weight is 281 g/mol. The highest BCUT2D eigenvalue weighted by atomic mass is 32.2. The van der Waals surface area contributed by atoms with Crippen molar-refractivity contribution < 1.29 is 4.74 Å². The molecule has 4 rings (SSSR count). The fourth-order valence-electron chi connectivity index (χ4n) is 3.12. The number of fused-ring (bicyclic) bond motifs is 5. The van der Waals surface area contributed by atoms with Gasteiger partial charge in [0.2, 0.25) is 0 Å². The molecule has 20 heavy (non-hydrogen) atoms. The van der Waals surface area contributed by atoms with Crippen molar-refractivity contribution in [2.24, 2.45) is 7.05 Å². The van der Waals surface area contributed by atoms with Crippen molar-refractivity contribution in [3.05, 3.63) is 48.0 Å². The molecule has 2 heterocycles. The zero-order chi connectivity index (χ0) is 13.7. The maximum atomic E-state index is 5.59. The van der Waals surface area contributed by atoms with Gasteiger partial charge < -0.3 is 9.30 Å². The molecule has 0 atom stereocenters. The molecule has 0 saturated heterocycles. The summed E-state index contributed by atoms with van der Waals surface area (Å²) in [6, 6.07) is 14.9. The smallest absolute Gasteiger partial charge is 0.129 e. The monoisotopic (exact) mass is 281 g/mol. The number of aryl methyl sites for hydroxylation is 1. The van der Waals surface area contributed by atoms with Gasteiger partial charge in [0.1, 0.15) is 5.75 Å². The largest absolute Gasteiger partial charge is 0.496 e. The third-order valence-corrected chi connectivity index (χ3v) is 5.11. The number of hydrogen-bond donors (Lipinski definition) is 0. The van der Waals surface area contributed by atoms with Crippen molar-refractivity contribution in [3.8, 4) is 17.0 Å². The Bertz CT molecular complexity index is 805. The van der Waals surface area contributed by atoms with Gasteiger partial charge >= 0.3 is 0 Å². The van der Waals surface area contributed by atoms with Crippen LogP contribution >= 0.6 is 11.8 Å². The minimum Gasteiger partial charge on any atom is -0.496 e. The molecule has 100 valence electrons. The first kappa shape index (κ1) is 11.9. The molecule has 3 heteroatoms. The Hall–Kier alpha value is -1.87. The Labute approximate surface area is 122 Å². The van der Waals surface area contributed by atoms with Crippen LogP contribution in [0.25, 0.3) is 22.2 Å². The van der Waals surface area contributed by atoms with E-state index in [1.54, 1.807) is 7.11 Å². The second-order valence-electron chi connectivity index (χ2n) is 5.03. The van der Waals surface area contributed by atoms with Gasteiger partial charge in [-0.1, -0.05) is 24.3 Å². The van der Waals surface area contributed by atoms with Crippen LogP contribution in [0.3, 0.4) is 0 Å². The zero-order valence-electron chi connectivity index (χ0n) is 11.5. The Morgan fingerprint density at radius 3 is 2.80 bits per heavy atom. The Morgan fingerprint density at radius 1 is 1.10 bits per heavy atom. The fraction of sp³-hybridized carbons (Fsp3) is 0.176. The summed E-state index contributed by atoms with van der Waals surface area (Å²) in [6.45, 7) is 0. The number of methoxy groups -OCH3 is 1. The van der Waals surface area contributed by atoms with Gasteiger partial charge in [-0.05, 0) is 23.8 Å². The second kappa shape index (κ2) is 4.32. The first-order valence-electron chi connectivity index (χ1n) is 6.67. The number of hydrogen-bond acceptors (Lipinski definition) is 2. The molecule has 0 radical (unpaired) electrons. The van der Waals surface area contributed by atoms with E-state index in [-0.39, 0.29) is 0 Å². The van der Waals surface area contributed by atoms with E-state index in [1.807, 2.05) is 17.8 Å². The number of nitrogens with zero attached hydrogens (tertiary/aromatic N) is 1. The van der Waals surface area contributed by atoms with Crippen molar-refractivity contribution in [3.63, 3.8) is 0 Å². The van der Waals surface area contributed by atoms with Crippen molar-refractivity contribution in [1.29, 1.82) is 0 Å². The lowest BCUT2D eigenvalue weighted by molar-refractivity contribution is 0.415. The predicted octanol–water partition coefficient (Wildman–Crippen LogP) is 4.46. The van der Waals surface area contributed by atoms with E-state index >= 15 is 0 Å². The van der Waals surface area contributed by atoms with Crippen LogP contribution in [0.5, 0.6) is 5.75 Å². The Kier molecular flexibility index (Phi) is 2.57. The van der Waals surface area contributed by atoms with Gasteiger partial charge in [0.15, 0.2) is 0 Å². The predicted molar refractivity (Wildman–Crippen MR) is 84.5 cm³/mol. The lowest BCUT2D eigenvalue weighted by Crippen LogP contribution is -2.01. The zero-order valence-corrected chi connectivity index (χ0v) is 12.3. The molecular formula is C17H15NOS. The molecule has 1 aliphatic rings. The lowest BCUT2D eigenvalue weighted by Gasteiger charge is -2.20. The number of rotatable bonds is 1. The molecule has 0 bridgehead atoms. The van der Waals surface area contributed by atoms with Crippen molar-refractivity contribution >= 4 is 22.7 Å². The number of ether oxygens (including phenoxy) is 1. The van der Waals surface area contributed by atoms with E-state index in [0.717, 1.165) is 11.5 Å². The summed E-state index contributed by atoms with van der Waals surface area (Å²) in [5.74, 6) is 1.98. The normalized spacial score (nSPS) is 13.1. The molecule has 0 unspecified atom stereocenters. The number of benzene rings is 2. The first-order valence-corrected chi connectivity index (χ1v) is 7.66. The third kappa shape index (κ3) is 1.47. The van der Waals surface area contributed by atoms with Gasteiger partial charge in [0.05, 0.1) is 18.4 Å². The van der Waals surface area contributed by atoms with E-state index in [2.05, 4.69) is 48.0 Å². The Balaban J connectivity index is 2.15. The quantitative estimate of drug-likeness (QED) is 0.654. The van der Waals surface area contributed by atoms with Gasteiger partial charge in [-0.2, -0.15) is 0 Å². The summed E-state index contributed by atoms with van der Waals surface area (Å²) < 4.78 is 7.89. The van der Waals surface area contributed by atoms with Crippen LogP contribution in [-0.2, 0) is 12.8 Å². The van der Waals surface area contributed by atoms with Crippen LogP contribution in [0.4, 0.5) is 0 Å². The summed E-state index contributed by atoms with van der Waals surface area (Å²) in [4.78, 5) is 1.31. The molecule has 3 aromatic rings. The molecule has 0 N–H and O–H groups in total. The van der Waals surface area contributed by atoms with Crippen LogP contribution in [-0.4, -0.2) is 11.7 Å². The van der Waals surface area contributed by atoms with Crippen LogP contribution in [0.1, 0.15) is 5.56 Å². The van der Waals surface area contributed by atoms with Gasteiger partial charge in [-0.25, -0.2) is 0 Å². The molecule has 1 aromatic heterocycles. The molecule has 2 aromatic carbocycles. The van der Waals surface area contributed by atoms with Crippen LogP contribution in [0.2, 0.25) is 0 Å². The average Bonchev–Trinajstić information content (AvgIpc) is 2.80. The molecule has 0 amide bonds. The van der Waals surface area contributed by atoms with Crippen LogP contribution in [0, 0.1) is 0 Å². The van der Waals surface area contributed by atoms with E-state index < -0.39 is 0 Å². The molecule has 2 nitrogen and oxygen atoms in total. The van der Waals surface area contributed by atoms with Crippen LogP contribution < -0.4 is 4.74 Å². The highest BCUT2D eigenvalue weighted by molar-refractivity contribution is 7.98. The summed E-state index contributed by atoms with van der Waals surface area (Å²) in [5, 5.41) is 1.36. The van der Waals surface area contributed by atoms with Crippen molar-refractivity contribution in [1.82, 2.24) is 4.57 Å². The van der Waals surface area contributed by atoms with Gasteiger partial charge in [0, 0.05) is 28.6 Å². The number of para-hydroxylation sites is 1. The maximum absolute atomic E-state index is 5.59.